The molecule has 0 bridgehead atoms. The van der Waals surface area contributed by atoms with Gasteiger partial charge in [-0.05, 0) is 48.9 Å². The molecule has 27 heavy (non-hydrogen) atoms. The zero-order valence-corrected chi connectivity index (χ0v) is 16.0. The lowest BCUT2D eigenvalue weighted by Gasteiger charge is -2.09. The Bertz CT molecular complexity index is 863. The van der Waals surface area contributed by atoms with Gasteiger partial charge in [0.15, 0.2) is 11.5 Å². The van der Waals surface area contributed by atoms with Crippen LogP contribution < -0.4 is 14.8 Å². The van der Waals surface area contributed by atoms with Crippen LogP contribution in [0.2, 0.25) is 5.02 Å². The van der Waals surface area contributed by atoms with Gasteiger partial charge < -0.3 is 19.5 Å². The highest BCUT2D eigenvalue weighted by atomic mass is 35.5. The van der Waals surface area contributed by atoms with Crippen LogP contribution in [0.1, 0.15) is 22.8 Å². The van der Waals surface area contributed by atoms with E-state index in [4.69, 9.17) is 21.1 Å². The Kier molecular flexibility index (Phi) is 7.25. The van der Waals surface area contributed by atoms with E-state index >= 15 is 0 Å². The second-order valence-corrected chi connectivity index (χ2v) is 5.76. The highest BCUT2D eigenvalue weighted by Gasteiger charge is 2.10. The van der Waals surface area contributed by atoms with Crippen molar-refractivity contribution in [1.82, 2.24) is 0 Å². The molecule has 0 aliphatic rings. The van der Waals surface area contributed by atoms with E-state index in [9.17, 15) is 9.59 Å². The molecular weight excluding hydrogens is 370 g/mol. The van der Waals surface area contributed by atoms with Gasteiger partial charge in [-0.25, -0.2) is 4.79 Å². The van der Waals surface area contributed by atoms with Crippen LogP contribution in [0.3, 0.4) is 0 Å². The van der Waals surface area contributed by atoms with E-state index in [2.05, 4.69) is 10.1 Å². The summed E-state index contributed by atoms with van der Waals surface area (Å²) in [6.45, 7) is 2.41. The number of amides is 1. The van der Waals surface area contributed by atoms with Crippen LogP contribution in [-0.4, -0.2) is 32.7 Å². The number of anilines is 1. The summed E-state index contributed by atoms with van der Waals surface area (Å²) in [5.41, 5.74) is 1.37. The SMILES string of the molecule is CCOc1ccc(/C=C/C(=O)Nc2cc(C(=O)OC)ccc2Cl)cc1OC. The molecular formula is C20H20ClNO5. The molecule has 142 valence electrons. The number of rotatable bonds is 7. The molecule has 0 spiro atoms. The van der Waals surface area contributed by atoms with Gasteiger partial charge in [-0.2, -0.15) is 0 Å². The van der Waals surface area contributed by atoms with Crippen LogP contribution in [0.4, 0.5) is 5.69 Å². The van der Waals surface area contributed by atoms with Crippen LogP contribution in [0.5, 0.6) is 11.5 Å². The van der Waals surface area contributed by atoms with Gasteiger partial charge in [-0.15, -0.1) is 0 Å². The highest BCUT2D eigenvalue weighted by Crippen LogP contribution is 2.28. The normalized spacial score (nSPS) is 10.5. The molecule has 0 aliphatic heterocycles. The number of carbonyl (C=O) groups excluding carboxylic acids is 2. The van der Waals surface area contributed by atoms with Gasteiger partial charge in [-0.3, -0.25) is 4.79 Å². The number of carbonyl (C=O) groups is 2. The molecule has 0 radical (unpaired) electrons. The lowest BCUT2D eigenvalue weighted by Crippen LogP contribution is -2.10. The summed E-state index contributed by atoms with van der Waals surface area (Å²) in [5, 5.41) is 2.95. The van der Waals surface area contributed by atoms with Crippen molar-refractivity contribution in [3.63, 3.8) is 0 Å². The number of esters is 1. The second kappa shape index (κ2) is 9.64. The van der Waals surface area contributed by atoms with Crippen LogP contribution >= 0.6 is 11.6 Å². The maximum atomic E-state index is 12.2. The molecule has 2 rings (SSSR count). The predicted octanol–water partition coefficient (Wildman–Crippen LogP) is 4.19. The maximum absolute atomic E-state index is 12.2. The Morgan fingerprint density at radius 1 is 1.11 bits per heavy atom. The summed E-state index contributed by atoms with van der Waals surface area (Å²) in [5.74, 6) is 0.298. The van der Waals surface area contributed by atoms with Gasteiger partial charge in [0.05, 0.1) is 37.1 Å². The van der Waals surface area contributed by atoms with Gasteiger partial charge in [-0.1, -0.05) is 17.7 Å². The molecule has 0 heterocycles. The number of hydrogen-bond acceptors (Lipinski definition) is 5. The Labute approximate surface area is 162 Å². The Morgan fingerprint density at radius 2 is 1.89 bits per heavy atom. The first kappa shape index (κ1) is 20.3. The number of benzene rings is 2. The number of hydrogen-bond donors (Lipinski definition) is 1. The third-order valence-electron chi connectivity index (χ3n) is 3.56. The number of ether oxygens (including phenoxy) is 3. The molecule has 2 aromatic carbocycles. The highest BCUT2D eigenvalue weighted by molar-refractivity contribution is 6.34. The third kappa shape index (κ3) is 5.49. The van der Waals surface area contributed by atoms with E-state index in [0.29, 0.717) is 28.8 Å². The second-order valence-electron chi connectivity index (χ2n) is 5.35. The summed E-state index contributed by atoms with van der Waals surface area (Å²) in [6.07, 6.45) is 2.99. The first-order valence-corrected chi connectivity index (χ1v) is 8.54. The average Bonchev–Trinajstić information content (AvgIpc) is 2.68. The van der Waals surface area contributed by atoms with E-state index in [0.717, 1.165) is 5.56 Å². The van der Waals surface area contributed by atoms with Crippen molar-refractivity contribution in [2.75, 3.05) is 26.1 Å². The van der Waals surface area contributed by atoms with E-state index in [1.165, 1.54) is 31.4 Å². The fourth-order valence-corrected chi connectivity index (χ4v) is 2.44. The average molecular weight is 390 g/mol. The summed E-state index contributed by atoms with van der Waals surface area (Å²) in [7, 11) is 2.83. The zero-order chi connectivity index (χ0) is 19.8. The standard InChI is InChI=1S/C20H20ClNO5/c1-4-27-17-9-5-13(11-18(17)25-2)6-10-19(23)22-16-12-14(20(24)26-3)7-8-15(16)21/h5-12H,4H2,1-3H3,(H,22,23)/b10-6+. The van der Waals surface area contributed by atoms with Gasteiger partial charge >= 0.3 is 5.97 Å². The van der Waals surface area contributed by atoms with Crippen molar-refractivity contribution in [2.24, 2.45) is 0 Å². The largest absolute Gasteiger partial charge is 0.493 e. The number of nitrogens with one attached hydrogen (secondary N) is 1. The first-order valence-electron chi connectivity index (χ1n) is 8.16. The predicted molar refractivity (Wildman–Crippen MR) is 105 cm³/mol. The summed E-state index contributed by atoms with van der Waals surface area (Å²) < 4.78 is 15.4. The molecule has 0 fully saturated rings. The van der Waals surface area contributed by atoms with Gasteiger partial charge in [0.1, 0.15) is 0 Å². The number of halogens is 1. The van der Waals surface area contributed by atoms with Gasteiger partial charge in [0.25, 0.3) is 0 Å². The van der Waals surface area contributed by atoms with E-state index in [1.54, 1.807) is 25.3 Å². The molecule has 0 aromatic heterocycles. The molecule has 0 unspecified atom stereocenters. The van der Waals surface area contributed by atoms with E-state index in [1.807, 2.05) is 13.0 Å². The lowest BCUT2D eigenvalue weighted by atomic mass is 10.1. The summed E-state index contributed by atoms with van der Waals surface area (Å²) >= 11 is 6.07. The molecule has 0 aliphatic carbocycles. The minimum Gasteiger partial charge on any atom is -0.493 e. The Morgan fingerprint density at radius 3 is 2.56 bits per heavy atom. The van der Waals surface area contributed by atoms with Crippen LogP contribution in [0.15, 0.2) is 42.5 Å². The van der Waals surface area contributed by atoms with Crippen molar-refractivity contribution in [3.8, 4) is 11.5 Å². The molecule has 0 atom stereocenters. The molecule has 6 nitrogen and oxygen atoms in total. The molecule has 1 N–H and O–H groups in total. The molecule has 2 aromatic rings. The maximum Gasteiger partial charge on any atom is 0.337 e. The van der Waals surface area contributed by atoms with Gasteiger partial charge in [0, 0.05) is 6.08 Å². The monoisotopic (exact) mass is 389 g/mol. The fraction of sp³-hybridized carbons (Fsp3) is 0.200. The number of methoxy groups -OCH3 is 2. The van der Waals surface area contributed by atoms with Crippen molar-refractivity contribution in [1.29, 1.82) is 0 Å². The quantitative estimate of drug-likeness (QED) is 0.567. The first-order chi connectivity index (χ1) is 13.0. The Balaban J connectivity index is 2.12. The van der Waals surface area contributed by atoms with Crippen LogP contribution in [0.25, 0.3) is 6.08 Å². The van der Waals surface area contributed by atoms with E-state index < -0.39 is 11.9 Å². The van der Waals surface area contributed by atoms with E-state index in [-0.39, 0.29) is 5.56 Å². The van der Waals surface area contributed by atoms with Crippen molar-refractivity contribution in [3.05, 3.63) is 58.6 Å². The molecule has 1 amide bonds. The fourth-order valence-electron chi connectivity index (χ4n) is 2.27. The van der Waals surface area contributed by atoms with Crippen LogP contribution in [0, 0.1) is 0 Å². The Hall–Kier alpha value is -2.99. The van der Waals surface area contributed by atoms with Gasteiger partial charge in [0.2, 0.25) is 5.91 Å². The topological polar surface area (TPSA) is 73.9 Å². The van der Waals surface area contributed by atoms with Crippen LogP contribution in [-0.2, 0) is 9.53 Å². The minimum atomic E-state index is -0.515. The smallest absolute Gasteiger partial charge is 0.337 e. The molecule has 0 saturated heterocycles. The lowest BCUT2D eigenvalue weighted by molar-refractivity contribution is -0.111. The molecule has 0 saturated carbocycles. The zero-order valence-electron chi connectivity index (χ0n) is 15.2. The van der Waals surface area contributed by atoms with Crippen molar-refractivity contribution >= 4 is 35.2 Å². The molecule has 7 heteroatoms. The van der Waals surface area contributed by atoms with Crippen molar-refractivity contribution in [2.45, 2.75) is 6.92 Å². The minimum absolute atomic E-state index is 0.289. The summed E-state index contributed by atoms with van der Waals surface area (Å²) in [4.78, 5) is 23.8. The van der Waals surface area contributed by atoms with Crippen molar-refractivity contribution < 1.29 is 23.8 Å². The third-order valence-corrected chi connectivity index (χ3v) is 3.89. The summed E-state index contributed by atoms with van der Waals surface area (Å²) in [6, 6.07) is 9.84.